The third-order valence-electron chi connectivity index (χ3n) is 4.59. The maximum atomic E-state index is 2.26. The minimum atomic E-state index is 1.17. The second-order valence-corrected chi connectivity index (χ2v) is 7.06. The molecule has 26 heavy (non-hydrogen) atoms. The van der Waals surface area contributed by atoms with Crippen LogP contribution >= 0.6 is 0 Å². The monoisotopic (exact) mass is 356 g/mol. The molecule has 2 aromatic heterocycles. The van der Waals surface area contributed by atoms with E-state index < -0.39 is 0 Å². The van der Waals surface area contributed by atoms with E-state index in [1.165, 1.54) is 77.3 Å². The summed E-state index contributed by atoms with van der Waals surface area (Å²) >= 11 is 0. The van der Waals surface area contributed by atoms with Crippen molar-refractivity contribution in [3.63, 3.8) is 0 Å². The fourth-order valence-corrected chi connectivity index (χ4v) is 2.96. The van der Waals surface area contributed by atoms with E-state index in [-0.39, 0.29) is 0 Å². The Hall–Kier alpha value is -1.70. The summed E-state index contributed by atoms with van der Waals surface area (Å²) in [5.74, 6) is 0. The van der Waals surface area contributed by atoms with Gasteiger partial charge in [0.2, 0.25) is 0 Å². The van der Waals surface area contributed by atoms with Crippen molar-refractivity contribution in [2.24, 2.45) is 0 Å². The first-order valence-corrected chi connectivity index (χ1v) is 10.7. The minimum absolute atomic E-state index is 1.17. The van der Waals surface area contributed by atoms with Gasteiger partial charge in [0.15, 0.2) is 24.8 Å². The van der Waals surface area contributed by atoms with Crippen molar-refractivity contribution >= 4 is 0 Å². The van der Waals surface area contributed by atoms with Crippen LogP contribution in [0.2, 0.25) is 0 Å². The first kappa shape index (κ1) is 22.3. The van der Waals surface area contributed by atoms with Gasteiger partial charge in [0.25, 0.3) is 0 Å². The Morgan fingerprint density at radius 2 is 0.769 bits per heavy atom. The minimum Gasteiger partial charge on any atom is -0.205 e. The summed E-state index contributed by atoms with van der Waals surface area (Å²) in [7, 11) is 0. The Labute approximate surface area is 161 Å². The molecule has 2 rings (SSSR count). The van der Waals surface area contributed by atoms with Gasteiger partial charge in [-0.25, -0.2) is 9.13 Å². The van der Waals surface area contributed by atoms with E-state index in [1.807, 2.05) is 0 Å². The number of rotatable bonds is 12. The number of pyridine rings is 2. The van der Waals surface area contributed by atoms with E-state index in [9.17, 15) is 0 Å². The summed E-state index contributed by atoms with van der Waals surface area (Å²) in [4.78, 5) is 0. The zero-order valence-corrected chi connectivity index (χ0v) is 17.2. The van der Waals surface area contributed by atoms with E-state index in [0.717, 1.165) is 0 Å². The Morgan fingerprint density at radius 1 is 0.423 bits per heavy atom. The van der Waals surface area contributed by atoms with Crippen LogP contribution in [0, 0.1) is 0 Å². The Balaban J connectivity index is 0.000000263. The molecular weight excluding hydrogens is 316 g/mol. The van der Waals surface area contributed by atoms with Crippen LogP contribution in [0.1, 0.15) is 78.1 Å². The fourth-order valence-electron chi connectivity index (χ4n) is 2.96. The fraction of sp³-hybridized carbons (Fsp3) is 0.583. The van der Waals surface area contributed by atoms with Gasteiger partial charge in [-0.05, 0) is 12.8 Å². The van der Waals surface area contributed by atoms with Crippen LogP contribution in [0.25, 0.3) is 0 Å². The van der Waals surface area contributed by atoms with Crippen molar-refractivity contribution in [2.75, 3.05) is 0 Å². The first-order valence-electron chi connectivity index (χ1n) is 10.7. The molecule has 144 valence electrons. The highest BCUT2D eigenvalue weighted by atomic mass is 14.9. The molecule has 0 aromatic carbocycles. The summed E-state index contributed by atoms with van der Waals surface area (Å²) < 4.78 is 4.51. The molecule has 0 N–H and O–H groups in total. The number of hydrogen-bond acceptors (Lipinski definition) is 0. The quantitative estimate of drug-likeness (QED) is 0.331. The summed E-state index contributed by atoms with van der Waals surface area (Å²) in [6.45, 7) is 6.85. The molecule has 2 nitrogen and oxygen atoms in total. The average molecular weight is 357 g/mol. The third-order valence-corrected chi connectivity index (χ3v) is 4.59. The van der Waals surface area contributed by atoms with E-state index in [2.05, 4.69) is 84.2 Å². The number of unbranched alkanes of at least 4 members (excludes halogenated alkanes) is 8. The highest BCUT2D eigenvalue weighted by Gasteiger charge is 1.97. The summed E-state index contributed by atoms with van der Waals surface area (Å²) in [6, 6.07) is 12.5. The molecule has 2 aromatic rings. The van der Waals surface area contributed by atoms with Gasteiger partial charge in [-0.1, -0.05) is 64.5 Å². The molecule has 0 amide bonds. The highest BCUT2D eigenvalue weighted by molar-refractivity contribution is 4.84. The SMILES string of the molecule is CCCCCCCC[n+]1ccccc1.CCCCCC[n+]1ccccc1. The number of hydrogen-bond donors (Lipinski definition) is 0. The second kappa shape index (κ2) is 16.8. The van der Waals surface area contributed by atoms with Gasteiger partial charge in [-0.15, -0.1) is 0 Å². The maximum absolute atomic E-state index is 2.26. The van der Waals surface area contributed by atoms with Crippen molar-refractivity contribution in [3.8, 4) is 0 Å². The van der Waals surface area contributed by atoms with Crippen LogP contribution in [-0.2, 0) is 13.1 Å². The van der Waals surface area contributed by atoms with Crippen LogP contribution in [0.4, 0.5) is 0 Å². The number of nitrogens with zero attached hydrogens (tertiary/aromatic N) is 2. The second-order valence-electron chi connectivity index (χ2n) is 7.06. The molecule has 0 aliphatic carbocycles. The maximum Gasteiger partial charge on any atom is 0.168 e. The smallest absolute Gasteiger partial charge is 0.168 e. The van der Waals surface area contributed by atoms with Crippen molar-refractivity contribution < 1.29 is 9.13 Å². The van der Waals surface area contributed by atoms with Gasteiger partial charge in [0, 0.05) is 37.1 Å². The van der Waals surface area contributed by atoms with Crippen LogP contribution in [-0.4, -0.2) is 0 Å². The molecule has 0 fully saturated rings. The van der Waals surface area contributed by atoms with Crippen LogP contribution in [0.15, 0.2) is 61.2 Å². The molecule has 0 unspecified atom stereocenters. The summed E-state index contributed by atoms with van der Waals surface area (Å²) in [5.41, 5.74) is 0. The van der Waals surface area contributed by atoms with Gasteiger partial charge in [-0.2, -0.15) is 0 Å². The predicted molar refractivity (Wildman–Crippen MR) is 111 cm³/mol. The lowest BCUT2D eigenvalue weighted by Gasteiger charge is -1.98. The van der Waals surface area contributed by atoms with Gasteiger partial charge in [0.05, 0.1) is 0 Å². The van der Waals surface area contributed by atoms with Crippen molar-refractivity contribution in [1.82, 2.24) is 0 Å². The molecule has 0 saturated heterocycles. The Bertz CT molecular complexity index is 510. The van der Waals surface area contributed by atoms with Crippen molar-refractivity contribution in [2.45, 2.75) is 91.1 Å². The number of aryl methyl sites for hydroxylation is 2. The summed E-state index contributed by atoms with van der Waals surface area (Å²) in [5, 5.41) is 0. The molecule has 2 heteroatoms. The van der Waals surface area contributed by atoms with E-state index in [1.54, 1.807) is 0 Å². The molecule has 0 spiro atoms. The third kappa shape index (κ3) is 12.6. The molecule has 0 bridgehead atoms. The topological polar surface area (TPSA) is 7.76 Å². The molecule has 0 aliphatic heterocycles. The zero-order valence-electron chi connectivity index (χ0n) is 17.2. The molecule has 0 aliphatic rings. The van der Waals surface area contributed by atoms with Crippen LogP contribution in [0.3, 0.4) is 0 Å². The van der Waals surface area contributed by atoms with Gasteiger partial charge in [-0.3, -0.25) is 0 Å². The Morgan fingerprint density at radius 3 is 1.19 bits per heavy atom. The van der Waals surface area contributed by atoms with Crippen molar-refractivity contribution in [1.29, 1.82) is 0 Å². The lowest BCUT2D eigenvalue weighted by Crippen LogP contribution is -2.32. The number of aromatic nitrogens is 2. The van der Waals surface area contributed by atoms with Gasteiger partial charge in [0.1, 0.15) is 13.1 Å². The molecule has 0 radical (unpaired) electrons. The lowest BCUT2D eigenvalue weighted by molar-refractivity contribution is -0.697. The molecule has 0 atom stereocenters. The highest BCUT2D eigenvalue weighted by Crippen LogP contribution is 2.04. The van der Waals surface area contributed by atoms with Crippen molar-refractivity contribution in [3.05, 3.63) is 61.2 Å². The summed E-state index contributed by atoms with van der Waals surface area (Å²) in [6.07, 6.45) is 22.2. The average Bonchev–Trinajstić information content (AvgIpc) is 2.70. The van der Waals surface area contributed by atoms with E-state index in [0.29, 0.717) is 0 Å². The molecular formula is C24H40N2+2. The standard InChI is InChI=1S/C13H22N.C11H18N/c1-2-3-4-5-6-8-11-14-12-9-7-10-13-14;1-2-3-4-6-9-12-10-7-5-8-11-12/h7,9-10,12-13H,2-6,8,11H2,1H3;5,7-8,10-11H,2-4,6,9H2,1H3/q2*+1. The normalized spacial score (nSPS) is 10.2. The van der Waals surface area contributed by atoms with Crippen LogP contribution in [0.5, 0.6) is 0 Å². The Kier molecular flexibility index (Phi) is 14.4. The first-order chi connectivity index (χ1) is 12.9. The predicted octanol–water partition coefficient (Wildman–Crippen LogP) is 5.89. The van der Waals surface area contributed by atoms with Crippen LogP contribution < -0.4 is 9.13 Å². The zero-order chi connectivity index (χ0) is 18.7. The van der Waals surface area contributed by atoms with E-state index >= 15 is 0 Å². The molecule has 0 saturated carbocycles. The van der Waals surface area contributed by atoms with E-state index in [4.69, 9.17) is 0 Å². The van der Waals surface area contributed by atoms with Gasteiger partial charge < -0.3 is 0 Å². The molecule has 2 heterocycles. The lowest BCUT2D eigenvalue weighted by atomic mass is 10.1. The largest absolute Gasteiger partial charge is 0.205 e. The van der Waals surface area contributed by atoms with Gasteiger partial charge >= 0.3 is 0 Å².